The summed E-state index contributed by atoms with van der Waals surface area (Å²) in [5.41, 5.74) is 2.46. The maximum Gasteiger partial charge on any atom is 0.298 e. The zero-order valence-corrected chi connectivity index (χ0v) is 11.1. The van der Waals surface area contributed by atoms with Crippen LogP contribution in [0, 0.1) is 17.0 Å². The number of allylic oxidation sites excluding steroid dienone is 2. The molecule has 0 aliphatic carbocycles. The van der Waals surface area contributed by atoms with Gasteiger partial charge < -0.3 is 0 Å². The normalized spacial score (nSPS) is 10.8. The zero-order valence-electron chi connectivity index (χ0n) is 11.1. The number of nitrogens with zero attached hydrogens (tertiary/aromatic N) is 2. The Balaban J connectivity index is 3.30. The van der Waals surface area contributed by atoms with Gasteiger partial charge in [-0.05, 0) is 25.8 Å². The lowest BCUT2D eigenvalue weighted by atomic mass is 10.0. The summed E-state index contributed by atoms with van der Waals surface area (Å²) >= 11 is 0. The van der Waals surface area contributed by atoms with Gasteiger partial charge in [0.05, 0.1) is 4.92 Å². The first-order valence-corrected chi connectivity index (χ1v) is 5.95. The van der Waals surface area contributed by atoms with E-state index in [1.807, 2.05) is 12.2 Å². The molecule has 0 aromatic carbocycles. The van der Waals surface area contributed by atoms with E-state index >= 15 is 0 Å². The Bertz CT molecular complexity index is 505. The second-order valence-electron chi connectivity index (χ2n) is 4.26. The smallest absolute Gasteiger partial charge is 0.258 e. The molecule has 0 atom stereocenters. The van der Waals surface area contributed by atoms with Crippen LogP contribution in [0.25, 0.3) is 11.6 Å². The Morgan fingerprint density at radius 3 is 2.78 bits per heavy atom. The van der Waals surface area contributed by atoms with Crippen molar-refractivity contribution in [1.29, 1.82) is 0 Å². The lowest BCUT2D eigenvalue weighted by Gasteiger charge is -2.06. The molecule has 0 saturated heterocycles. The minimum Gasteiger partial charge on any atom is -0.258 e. The Hall–Kier alpha value is -1.97. The first kappa shape index (κ1) is 14.1. The molecule has 0 unspecified atom stereocenters. The number of unbranched alkanes of at least 4 members (excludes halogenated alkanes) is 1. The second kappa shape index (κ2) is 6.10. The van der Waals surface area contributed by atoms with Gasteiger partial charge in [0.2, 0.25) is 0 Å². The van der Waals surface area contributed by atoms with E-state index in [1.54, 1.807) is 20.0 Å². The Kier molecular flexibility index (Phi) is 4.77. The van der Waals surface area contributed by atoms with Gasteiger partial charge in [-0.15, -0.1) is 0 Å². The quantitative estimate of drug-likeness (QED) is 0.579. The van der Waals surface area contributed by atoms with Crippen LogP contribution in [0.2, 0.25) is 0 Å². The predicted octanol–water partition coefficient (Wildman–Crippen LogP) is 4.14. The fourth-order valence-corrected chi connectivity index (χ4v) is 1.69. The number of hydrogen-bond acceptors (Lipinski definition) is 3. The first-order chi connectivity index (χ1) is 8.49. The topological polar surface area (TPSA) is 56.0 Å². The van der Waals surface area contributed by atoms with Crippen LogP contribution < -0.4 is 0 Å². The van der Waals surface area contributed by atoms with Crippen molar-refractivity contribution in [3.05, 3.63) is 45.8 Å². The van der Waals surface area contributed by atoms with Crippen LogP contribution in [0.5, 0.6) is 0 Å². The molecule has 0 bridgehead atoms. The van der Waals surface area contributed by atoms with Gasteiger partial charge in [0.25, 0.3) is 5.69 Å². The van der Waals surface area contributed by atoms with Crippen LogP contribution >= 0.6 is 0 Å². The summed E-state index contributed by atoms with van der Waals surface area (Å²) in [6, 6.07) is 0. The molecule has 1 heterocycles. The van der Waals surface area contributed by atoms with Crippen LogP contribution in [0.3, 0.4) is 0 Å². The van der Waals surface area contributed by atoms with Crippen molar-refractivity contribution in [3.8, 4) is 0 Å². The van der Waals surface area contributed by atoms with Crippen molar-refractivity contribution >= 4 is 17.3 Å². The SMILES string of the molecule is C=C(C)c1ncc(/C=C/CCC)c(C)c1[N+](=O)[O-]. The fourth-order valence-electron chi connectivity index (χ4n) is 1.69. The number of nitro groups is 1. The van der Waals surface area contributed by atoms with Gasteiger partial charge in [0.15, 0.2) is 0 Å². The van der Waals surface area contributed by atoms with E-state index in [0.717, 1.165) is 18.4 Å². The summed E-state index contributed by atoms with van der Waals surface area (Å²) in [6.45, 7) is 9.29. The molecule has 0 fully saturated rings. The second-order valence-corrected chi connectivity index (χ2v) is 4.26. The Morgan fingerprint density at radius 1 is 1.61 bits per heavy atom. The standard InChI is InChI=1S/C14H18N2O2/c1-5-6-7-8-12-9-15-13(10(2)3)14(11(12)4)16(17)18/h7-9H,2,5-6H2,1,3-4H3/b8-7+. The van der Waals surface area contributed by atoms with Crippen LogP contribution in [0.4, 0.5) is 5.69 Å². The van der Waals surface area contributed by atoms with Crippen LogP contribution in [0.15, 0.2) is 18.9 Å². The summed E-state index contributed by atoms with van der Waals surface area (Å²) in [5.74, 6) is 0. The summed E-state index contributed by atoms with van der Waals surface area (Å²) in [6.07, 6.45) is 7.57. The van der Waals surface area contributed by atoms with Crippen LogP contribution in [-0.4, -0.2) is 9.91 Å². The van der Waals surface area contributed by atoms with Gasteiger partial charge >= 0.3 is 0 Å². The average molecular weight is 246 g/mol. The highest BCUT2D eigenvalue weighted by atomic mass is 16.6. The van der Waals surface area contributed by atoms with E-state index in [1.165, 1.54) is 0 Å². The van der Waals surface area contributed by atoms with Gasteiger partial charge in [0, 0.05) is 17.3 Å². The van der Waals surface area contributed by atoms with E-state index in [0.29, 0.717) is 16.8 Å². The van der Waals surface area contributed by atoms with Gasteiger partial charge in [-0.3, -0.25) is 10.1 Å². The third-order valence-corrected chi connectivity index (χ3v) is 2.68. The van der Waals surface area contributed by atoms with Crippen LogP contribution in [-0.2, 0) is 0 Å². The lowest BCUT2D eigenvalue weighted by Crippen LogP contribution is -2.01. The summed E-state index contributed by atoms with van der Waals surface area (Å²) in [5, 5.41) is 11.1. The molecule has 1 aromatic heterocycles. The van der Waals surface area contributed by atoms with E-state index in [4.69, 9.17) is 0 Å². The molecule has 0 N–H and O–H groups in total. The van der Waals surface area contributed by atoms with Crippen molar-refractivity contribution < 1.29 is 4.92 Å². The lowest BCUT2D eigenvalue weighted by molar-refractivity contribution is -0.386. The highest BCUT2D eigenvalue weighted by Crippen LogP contribution is 2.29. The van der Waals surface area contributed by atoms with Gasteiger partial charge in [-0.1, -0.05) is 32.1 Å². The Morgan fingerprint density at radius 2 is 2.28 bits per heavy atom. The Labute approximate surface area is 107 Å². The molecule has 0 saturated carbocycles. The number of pyridine rings is 1. The number of aromatic nitrogens is 1. The van der Waals surface area contributed by atoms with E-state index in [2.05, 4.69) is 18.5 Å². The monoisotopic (exact) mass is 246 g/mol. The van der Waals surface area contributed by atoms with Crippen molar-refractivity contribution in [3.63, 3.8) is 0 Å². The molecule has 0 aliphatic rings. The third-order valence-electron chi connectivity index (χ3n) is 2.68. The first-order valence-electron chi connectivity index (χ1n) is 5.95. The molecule has 18 heavy (non-hydrogen) atoms. The minimum atomic E-state index is -0.385. The zero-order chi connectivity index (χ0) is 13.7. The molecule has 0 amide bonds. The molecule has 0 radical (unpaired) electrons. The van der Waals surface area contributed by atoms with E-state index in [9.17, 15) is 10.1 Å². The molecule has 4 nitrogen and oxygen atoms in total. The highest BCUT2D eigenvalue weighted by molar-refractivity contribution is 5.71. The van der Waals surface area contributed by atoms with Crippen molar-refractivity contribution in [2.45, 2.75) is 33.6 Å². The molecule has 96 valence electrons. The minimum absolute atomic E-state index is 0.0566. The van der Waals surface area contributed by atoms with Crippen molar-refractivity contribution in [2.24, 2.45) is 0 Å². The maximum atomic E-state index is 11.1. The average Bonchev–Trinajstić information content (AvgIpc) is 2.30. The highest BCUT2D eigenvalue weighted by Gasteiger charge is 2.21. The van der Waals surface area contributed by atoms with Crippen molar-refractivity contribution in [2.75, 3.05) is 0 Å². The molecule has 0 spiro atoms. The molecule has 1 rings (SSSR count). The molecular formula is C14H18N2O2. The molecule has 4 heteroatoms. The van der Waals surface area contributed by atoms with E-state index < -0.39 is 0 Å². The number of hydrogen-bond donors (Lipinski definition) is 0. The summed E-state index contributed by atoms with van der Waals surface area (Å²) in [4.78, 5) is 14.9. The van der Waals surface area contributed by atoms with Crippen molar-refractivity contribution in [1.82, 2.24) is 4.98 Å². The molecule has 1 aromatic rings. The largest absolute Gasteiger partial charge is 0.298 e. The fraction of sp³-hybridized carbons (Fsp3) is 0.357. The third kappa shape index (κ3) is 3.03. The van der Waals surface area contributed by atoms with Gasteiger partial charge in [0.1, 0.15) is 5.69 Å². The van der Waals surface area contributed by atoms with Crippen LogP contribution in [0.1, 0.15) is 43.5 Å². The summed E-state index contributed by atoms with van der Waals surface area (Å²) in [7, 11) is 0. The predicted molar refractivity (Wildman–Crippen MR) is 74.3 cm³/mol. The maximum absolute atomic E-state index is 11.1. The van der Waals surface area contributed by atoms with Gasteiger partial charge in [-0.25, -0.2) is 4.98 Å². The van der Waals surface area contributed by atoms with E-state index in [-0.39, 0.29) is 10.6 Å². The number of rotatable bonds is 5. The molecular weight excluding hydrogens is 228 g/mol. The summed E-state index contributed by atoms with van der Waals surface area (Å²) < 4.78 is 0. The van der Waals surface area contributed by atoms with Gasteiger partial charge in [-0.2, -0.15) is 0 Å². The molecule has 0 aliphatic heterocycles.